The van der Waals surface area contributed by atoms with Gasteiger partial charge in [-0.1, -0.05) is 26.0 Å². The molecule has 0 amide bonds. The molecule has 7 nitrogen and oxygen atoms in total. The number of phenols is 1. The Balaban J connectivity index is 0.00000106. The van der Waals surface area contributed by atoms with Crippen molar-refractivity contribution in [3.05, 3.63) is 30.3 Å². The number of hydrogen-bond acceptors (Lipinski definition) is 7. The Labute approximate surface area is 179 Å². The van der Waals surface area contributed by atoms with Crippen LogP contribution in [0.2, 0.25) is 0 Å². The molecule has 162 valence electrons. The van der Waals surface area contributed by atoms with Crippen molar-refractivity contribution in [1.82, 2.24) is 20.4 Å². The third kappa shape index (κ3) is 4.09. The van der Waals surface area contributed by atoms with Gasteiger partial charge < -0.3 is 21.1 Å². The van der Waals surface area contributed by atoms with Gasteiger partial charge in [-0.15, -0.1) is 10.2 Å². The number of phenolic OH excluding ortho intramolecular Hbond substituents is 1. The summed E-state index contributed by atoms with van der Waals surface area (Å²) >= 11 is 0. The van der Waals surface area contributed by atoms with Gasteiger partial charge in [0.15, 0.2) is 5.82 Å². The first kappa shape index (κ1) is 20.9. The van der Waals surface area contributed by atoms with Gasteiger partial charge in [-0.3, -0.25) is 4.90 Å². The van der Waals surface area contributed by atoms with Crippen molar-refractivity contribution in [3.63, 3.8) is 0 Å². The molecule has 0 saturated carbocycles. The molecular formula is C23H34N6O. The molecule has 4 aliphatic rings. The number of benzene rings is 1. The second-order valence-electron chi connectivity index (χ2n) is 8.36. The number of piperidine rings is 2. The van der Waals surface area contributed by atoms with Crippen LogP contribution in [-0.4, -0.2) is 65.0 Å². The van der Waals surface area contributed by atoms with Crippen molar-refractivity contribution >= 4 is 11.5 Å². The molecule has 0 spiro atoms. The Kier molecular flexibility index (Phi) is 6.39. The molecule has 4 N–H and O–H groups in total. The maximum absolute atomic E-state index is 10.2. The van der Waals surface area contributed by atoms with Crippen LogP contribution in [0.15, 0.2) is 30.3 Å². The van der Waals surface area contributed by atoms with Crippen molar-refractivity contribution < 1.29 is 5.11 Å². The monoisotopic (exact) mass is 410 g/mol. The van der Waals surface area contributed by atoms with Gasteiger partial charge >= 0.3 is 0 Å². The maximum atomic E-state index is 10.2. The first-order valence-electron chi connectivity index (χ1n) is 11.3. The fourth-order valence-electron chi connectivity index (χ4n) is 5.01. The van der Waals surface area contributed by atoms with Gasteiger partial charge in [0, 0.05) is 37.3 Å². The first-order chi connectivity index (χ1) is 14.7. The SMILES string of the molecule is CC.Nc1nnc(-c2ccccc2O)cc1N1CC2CC(C1)N2CC1CCNCC1. The molecule has 0 radical (unpaired) electrons. The number of nitrogens with zero attached hydrogens (tertiary/aromatic N) is 4. The minimum atomic E-state index is 0.210. The molecule has 4 saturated heterocycles. The van der Waals surface area contributed by atoms with E-state index in [9.17, 15) is 5.11 Å². The van der Waals surface area contributed by atoms with Gasteiger partial charge in [-0.2, -0.15) is 0 Å². The number of aromatic nitrogens is 2. The van der Waals surface area contributed by atoms with Crippen LogP contribution in [0.5, 0.6) is 5.75 Å². The maximum Gasteiger partial charge on any atom is 0.169 e. The zero-order valence-electron chi connectivity index (χ0n) is 18.1. The highest BCUT2D eigenvalue weighted by molar-refractivity contribution is 5.74. The van der Waals surface area contributed by atoms with Crippen LogP contribution in [-0.2, 0) is 0 Å². The Hall–Kier alpha value is -2.38. The molecule has 2 unspecified atom stereocenters. The number of aromatic hydroxyl groups is 1. The van der Waals surface area contributed by atoms with Gasteiger partial charge in [0.25, 0.3) is 0 Å². The smallest absolute Gasteiger partial charge is 0.169 e. The summed E-state index contributed by atoms with van der Waals surface area (Å²) in [6.45, 7) is 9.52. The highest BCUT2D eigenvalue weighted by Crippen LogP contribution is 2.38. The summed E-state index contributed by atoms with van der Waals surface area (Å²) in [6.07, 6.45) is 3.88. The van der Waals surface area contributed by atoms with E-state index in [0.29, 0.717) is 29.2 Å². The molecule has 30 heavy (non-hydrogen) atoms. The van der Waals surface area contributed by atoms with E-state index in [4.69, 9.17) is 5.73 Å². The van der Waals surface area contributed by atoms with Gasteiger partial charge in [-0.05, 0) is 56.5 Å². The van der Waals surface area contributed by atoms with E-state index in [2.05, 4.69) is 25.3 Å². The third-order valence-corrected chi connectivity index (χ3v) is 6.59. The average molecular weight is 411 g/mol. The highest BCUT2D eigenvalue weighted by Gasteiger charge is 2.45. The van der Waals surface area contributed by atoms with Crippen molar-refractivity contribution in [2.24, 2.45) is 5.92 Å². The lowest BCUT2D eigenvalue weighted by atomic mass is 9.84. The summed E-state index contributed by atoms with van der Waals surface area (Å²) in [5.74, 6) is 1.51. The topological polar surface area (TPSA) is 90.5 Å². The number of rotatable bonds is 4. The predicted octanol–water partition coefficient (Wildman–Crippen LogP) is 2.72. The molecule has 2 bridgehead atoms. The van der Waals surface area contributed by atoms with Gasteiger partial charge in [-0.25, -0.2) is 0 Å². The number of hydrogen-bond donors (Lipinski definition) is 3. The number of anilines is 2. The van der Waals surface area contributed by atoms with E-state index in [1.54, 1.807) is 12.1 Å². The van der Waals surface area contributed by atoms with Crippen LogP contribution in [0.1, 0.15) is 33.1 Å². The van der Waals surface area contributed by atoms with Crippen molar-refractivity contribution in [2.45, 2.75) is 45.2 Å². The second kappa shape index (κ2) is 9.18. The summed E-state index contributed by atoms with van der Waals surface area (Å²) in [7, 11) is 0. The molecule has 1 aromatic carbocycles. The van der Waals surface area contributed by atoms with Gasteiger partial charge in [0.1, 0.15) is 5.75 Å². The number of para-hydroxylation sites is 1. The van der Waals surface area contributed by atoms with Crippen LogP contribution in [0.25, 0.3) is 11.3 Å². The van der Waals surface area contributed by atoms with Gasteiger partial charge in [0.2, 0.25) is 0 Å². The van der Waals surface area contributed by atoms with Crippen LogP contribution in [0.3, 0.4) is 0 Å². The lowest BCUT2D eigenvalue weighted by Crippen LogP contribution is -2.69. The molecule has 7 heteroatoms. The quantitative estimate of drug-likeness (QED) is 0.714. The molecule has 4 aliphatic heterocycles. The van der Waals surface area contributed by atoms with Crippen LogP contribution < -0.4 is 16.0 Å². The fraction of sp³-hybridized carbons (Fsp3) is 0.565. The molecule has 6 rings (SSSR count). The molecular weight excluding hydrogens is 376 g/mol. The molecule has 2 aromatic rings. The largest absolute Gasteiger partial charge is 0.507 e. The van der Waals surface area contributed by atoms with Crippen LogP contribution in [0, 0.1) is 5.92 Å². The number of nitrogens with one attached hydrogen (secondary N) is 1. The predicted molar refractivity (Wildman–Crippen MR) is 122 cm³/mol. The summed E-state index contributed by atoms with van der Waals surface area (Å²) in [5.41, 5.74) is 8.46. The van der Waals surface area contributed by atoms with Crippen LogP contribution in [0.4, 0.5) is 11.5 Å². The molecule has 0 aliphatic carbocycles. The van der Waals surface area contributed by atoms with E-state index < -0.39 is 0 Å². The first-order valence-corrected chi connectivity index (χ1v) is 11.3. The molecule has 1 aromatic heterocycles. The fourth-order valence-corrected chi connectivity index (χ4v) is 5.01. The Morgan fingerprint density at radius 3 is 2.50 bits per heavy atom. The lowest BCUT2D eigenvalue weighted by molar-refractivity contribution is -0.0167. The molecule has 4 fully saturated rings. The van der Waals surface area contributed by atoms with E-state index in [-0.39, 0.29) is 5.75 Å². The zero-order chi connectivity index (χ0) is 21.1. The highest BCUT2D eigenvalue weighted by atomic mass is 16.3. The summed E-state index contributed by atoms with van der Waals surface area (Å²) < 4.78 is 0. The zero-order valence-corrected chi connectivity index (χ0v) is 18.1. The number of piperazine rings is 1. The third-order valence-electron chi connectivity index (χ3n) is 6.59. The van der Waals surface area contributed by atoms with Gasteiger partial charge in [0.05, 0.1) is 11.4 Å². The molecule has 5 heterocycles. The Morgan fingerprint density at radius 1 is 1.10 bits per heavy atom. The molecule has 2 atom stereocenters. The lowest BCUT2D eigenvalue weighted by Gasteiger charge is -2.58. The van der Waals surface area contributed by atoms with E-state index >= 15 is 0 Å². The summed E-state index contributed by atoms with van der Waals surface area (Å²) in [6, 6.07) is 10.4. The standard InChI is InChI=1S/C21H28N6O.C2H6/c22-21-19(10-18(24-25-21)17-3-1-2-4-20(17)28)26-12-15-9-16(13-26)27(15)11-14-5-7-23-8-6-14;1-2/h1-4,10,14-16,23,28H,5-9,11-13H2,(H2,22,25);1-2H3. The Bertz CT molecular complexity index is 841. The van der Waals surface area contributed by atoms with Crippen molar-refractivity contribution in [3.8, 4) is 17.0 Å². The minimum Gasteiger partial charge on any atom is -0.507 e. The normalized spacial score (nSPS) is 24.0. The summed E-state index contributed by atoms with van der Waals surface area (Å²) in [4.78, 5) is 5.06. The van der Waals surface area contributed by atoms with Crippen molar-refractivity contribution in [2.75, 3.05) is 43.4 Å². The van der Waals surface area contributed by atoms with E-state index in [0.717, 1.165) is 37.8 Å². The van der Waals surface area contributed by atoms with E-state index in [1.807, 2.05) is 32.0 Å². The average Bonchev–Trinajstić information content (AvgIpc) is 2.80. The number of fused-ring (bicyclic) bond motifs is 2. The number of nitrogen functional groups attached to an aromatic ring is 1. The second-order valence-corrected chi connectivity index (χ2v) is 8.36. The van der Waals surface area contributed by atoms with E-state index in [1.165, 1.54) is 25.8 Å². The Morgan fingerprint density at radius 2 is 1.80 bits per heavy atom. The number of nitrogens with two attached hydrogens (primary N) is 1. The summed E-state index contributed by atoms with van der Waals surface area (Å²) in [5, 5.41) is 22.0. The van der Waals surface area contributed by atoms with Crippen LogP contribution >= 0.6 is 0 Å². The minimum absolute atomic E-state index is 0.210. The van der Waals surface area contributed by atoms with Crippen molar-refractivity contribution in [1.29, 1.82) is 0 Å².